The summed E-state index contributed by atoms with van der Waals surface area (Å²) in [5.74, 6) is -0.450. The van der Waals surface area contributed by atoms with Gasteiger partial charge in [0.05, 0.1) is 5.52 Å². The van der Waals surface area contributed by atoms with Gasteiger partial charge >= 0.3 is 0 Å². The van der Waals surface area contributed by atoms with E-state index in [4.69, 9.17) is 0 Å². The maximum Gasteiger partial charge on any atom is 0.268 e. The average molecular weight is 407 g/mol. The monoisotopic (exact) mass is 407 g/mol. The smallest absolute Gasteiger partial charge is 0.268 e. The van der Waals surface area contributed by atoms with Gasteiger partial charge in [-0.25, -0.2) is 0 Å². The van der Waals surface area contributed by atoms with Gasteiger partial charge in [-0.05, 0) is 18.7 Å². The molecule has 1 fully saturated rings. The molecule has 0 saturated carbocycles. The predicted molar refractivity (Wildman–Crippen MR) is 114 cm³/mol. The van der Waals surface area contributed by atoms with Gasteiger partial charge in [0.25, 0.3) is 5.91 Å². The molecule has 8 nitrogen and oxygen atoms in total. The number of amides is 2. The molecule has 4 rings (SSSR count). The van der Waals surface area contributed by atoms with E-state index in [0.29, 0.717) is 36.1 Å². The van der Waals surface area contributed by atoms with Gasteiger partial charge in [-0.2, -0.15) is 0 Å². The zero-order valence-electron chi connectivity index (χ0n) is 16.9. The Morgan fingerprint density at radius 1 is 1.10 bits per heavy atom. The third-order valence-corrected chi connectivity index (χ3v) is 5.47. The van der Waals surface area contributed by atoms with Crippen molar-refractivity contribution in [1.29, 1.82) is 0 Å². The molecule has 1 aromatic carbocycles. The van der Waals surface area contributed by atoms with Crippen LogP contribution in [0.2, 0.25) is 0 Å². The summed E-state index contributed by atoms with van der Waals surface area (Å²) in [6.07, 6.45) is 1.95. The predicted octanol–water partition coefficient (Wildman–Crippen LogP) is 0.971. The molecule has 1 saturated heterocycles. The van der Waals surface area contributed by atoms with Gasteiger partial charge in [-0.15, -0.1) is 0 Å². The summed E-state index contributed by atoms with van der Waals surface area (Å²) in [5, 5.41) is 3.55. The molecule has 1 aliphatic rings. The zero-order chi connectivity index (χ0) is 21.1. The van der Waals surface area contributed by atoms with E-state index in [1.54, 1.807) is 6.07 Å². The lowest BCUT2D eigenvalue weighted by Gasteiger charge is -2.34. The number of carbonyl (C=O) groups excluding carboxylic acids is 2. The molecule has 0 spiro atoms. The van der Waals surface area contributed by atoms with E-state index in [0.717, 1.165) is 18.7 Å². The second-order valence-electron chi connectivity index (χ2n) is 7.69. The zero-order valence-corrected chi connectivity index (χ0v) is 16.9. The summed E-state index contributed by atoms with van der Waals surface area (Å²) in [5.41, 5.74) is 1.71. The molecular formula is C22H25N5O3. The van der Waals surface area contributed by atoms with Crippen LogP contribution in [0.1, 0.15) is 16.1 Å². The molecule has 3 N–H and O–H groups in total. The van der Waals surface area contributed by atoms with Gasteiger partial charge in [0.1, 0.15) is 11.7 Å². The summed E-state index contributed by atoms with van der Waals surface area (Å²) >= 11 is 0. The van der Waals surface area contributed by atoms with Crippen molar-refractivity contribution in [2.45, 2.75) is 12.5 Å². The molecule has 1 aliphatic heterocycles. The Labute approximate surface area is 173 Å². The molecule has 3 aromatic rings. The Kier molecular flexibility index (Phi) is 5.67. The highest BCUT2D eigenvalue weighted by Crippen LogP contribution is 2.14. The SMILES string of the molecule is CN1CCN(C(=O)[C@H](Cc2ccccc2)NC(=O)c2cc3cc(=O)[nH]cc3[nH]2)CC1. The van der Waals surface area contributed by atoms with E-state index in [2.05, 4.69) is 20.2 Å². The van der Waals surface area contributed by atoms with E-state index in [1.165, 1.54) is 12.3 Å². The molecular weight excluding hydrogens is 382 g/mol. The Bertz CT molecular complexity index is 1100. The number of piperazine rings is 1. The van der Waals surface area contributed by atoms with Crippen LogP contribution in [0, 0.1) is 0 Å². The highest BCUT2D eigenvalue weighted by Gasteiger charge is 2.28. The third kappa shape index (κ3) is 4.44. The maximum absolute atomic E-state index is 13.2. The van der Waals surface area contributed by atoms with Crippen LogP contribution >= 0.6 is 0 Å². The second-order valence-corrected chi connectivity index (χ2v) is 7.69. The molecule has 8 heteroatoms. The molecule has 2 amide bonds. The van der Waals surface area contributed by atoms with Crippen LogP contribution in [0.25, 0.3) is 10.9 Å². The van der Waals surface area contributed by atoms with E-state index >= 15 is 0 Å². The Balaban J connectivity index is 1.55. The first-order chi connectivity index (χ1) is 14.5. The molecule has 156 valence electrons. The van der Waals surface area contributed by atoms with E-state index < -0.39 is 6.04 Å². The van der Waals surface area contributed by atoms with Gasteiger partial charge in [0.2, 0.25) is 11.5 Å². The first-order valence-electron chi connectivity index (χ1n) is 10.0. The molecule has 0 radical (unpaired) electrons. The minimum absolute atomic E-state index is 0.0772. The van der Waals surface area contributed by atoms with Gasteiger partial charge in [-0.1, -0.05) is 30.3 Å². The number of rotatable bonds is 5. The van der Waals surface area contributed by atoms with Gasteiger partial charge in [0.15, 0.2) is 0 Å². The first kappa shape index (κ1) is 19.9. The lowest BCUT2D eigenvalue weighted by molar-refractivity contribution is -0.134. The number of likely N-dealkylation sites (N-methyl/N-ethyl adjacent to an activating group) is 1. The van der Waals surface area contributed by atoms with Gasteiger partial charge < -0.3 is 25.1 Å². The van der Waals surface area contributed by atoms with Crippen molar-refractivity contribution in [3.63, 3.8) is 0 Å². The maximum atomic E-state index is 13.2. The lowest BCUT2D eigenvalue weighted by atomic mass is 10.0. The Hall–Kier alpha value is -3.39. The number of hydrogen-bond donors (Lipinski definition) is 3. The molecule has 1 atom stereocenters. The van der Waals surface area contributed by atoms with Crippen molar-refractivity contribution < 1.29 is 9.59 Å². The van der Waals surface area contributed by atoms with Crippen LogP contribution in [0.15, 0.2) is 53.5 Å². The Morgan fingerprint density at radius 2 is 1.83 bits per heavy atom. The fourth-order valence-electron chi connectivity index (χ4n) is 3.71. The molecule has 2 aromatic heterocycles. The molecule has 0 unspecified atom stereocenters. The van der Waals surface area contributed by atoms with Gasteiger partial charge in [0, 0.05) is 50.2 Å². The molecule has 0 bridgehead atoms. The minimum atomic E-state index is -0.670. The van der Waals surface area contributed by atoms with E-state index in [9.17, 15) is 14.4 Å². The van der Waals surface area contributed by atoms with E-state index in [-0.39, 0.29) is 17.4 Å². The standard InChI is InChI=1S/C22H25N5O3/c1-26-7-9-27(10-8-26)22(30)18(11-15-5-3-2-4-6-15)25-21(29)17-12-16-13-20(28)23-14-19(16)24-17/h2-6,12-14,18,24H,7-11H2,1H3,(H,23,28)(H,25,29)/t18-/m0/s1. The van der Waals surface area contributed by atoms with Crippen LogP contribution in [-0.4, -0.2) is 70.9 Å². The van der Waals surface area contributed by atoms with Crippen LogP contribution in [0.3, 0.4) is 0 Å². The van der Waals surface area contributed by atoms with Crippen molar-refractivity contribution in [3.8, 4) is 0 Å². The van der Waals surface area contributed by atoms with E-state index in [1.807, 2.05) is 42.3 Å². The highest BCUT2D eigenvalue weighted by atomic mass is 16.2. The lowest BCUT2D eigenvalue weighted by Crippen LogP contribution is -2.55. The van der Waals surface area contributed by atoms with Crippen molar-refractivity contribution in [2.75, 3.05) is 33.2 Å². The number of nitrogens with one attached hydrogen (secondary N) is 3. The largest absolute Gasteiger partial charge is 0.349 e. The third-order valence-electron chi connectivity index (χ3n) is 5.47. The van der Waals surface area contributed by atoms with Crippen molar-refractivity contribution in [3.05, 3.63) is 70.3 Å². The van der Waals surface area contributed by atoms with Crippen molar-refractivity contribution in [1.82, 2.24) is 25.1 Å². The quantitative estimate of drug-likeness (QED) is 0.587. The number of pyridine rings is 1. The second kappa shape index (κ2) is 8.54. The summed E-state index contributed by atoms with van der Waals surface area (Å²) in [7, 11) is 2.03. The van der Waals surface area contributed by atoms with Crippen molar-refractivity contribution >= 4 is 22.7 Å². The topological polar surface area (TPSA) is 101 Å². The molecule has 30 heavy (non-hydrogen) atoms. The van der Waals surface area contributed by atoms with Gasteiger partial charge in [-0.3, -0.25) is 14.4 Å². The number of carbonyl (C=O) groups is 2. The summed E-state index contributed by atoms with van der Waals surface area (Å²) in [6, 6.07) is 12.0. The van der Waals surface area contributed by atoms with Crippen molar-refractivity contribution in [2.24, 2.45) is 0 Å². The average Bonchev–Trinajstić information content (AvgIpc) is 3.17. The Morgan fingerprint density at radius 3 is 2.57 bits per heavy atom. The number of benzene rings is 1. The fraction of sp³-hybridized carbons (Fsp3) is 0.318. The number of aromatic nitrogens is 2. The number of hydrogen-bond acceptors (Lipinski definition) is 4. The fourth-order valence-corrected chi connectivity index (χ4v) is 3.71. The summed E-state index contributed by atoms with van der Waals surface area (Å²) in [4.78, 5) is 47.2. The molecule has 0 aliphatic carbocycles. The highest BCUT2D eigenvalue weighted by molar-refractivity contribution is 6.00. The number of aromatic amines is 2. The number of nitrogens with zero attached hydrogens (tertiary/aromatic N) is 2. The van der Waals surface area contributed by atoms with Crippen LogP contribution < -0.4 is 10.9 Å². The molecule has 3 heterocycles. The van der Waals surface area contributed by atoms with Crippen LogP contribution in [0.5, 0.6) is 0 Å². The minimum Gasteiger partial charge on any atom is -0.349 e. The summed E-state index contributed by atoms with van der Waals surface area (Å²) in [6.45, 7) is 2.91. The van der Waals surface area contributed by atoms with Crippen LogP contribution in [-0.2, 0) is 11.2 Å². The van der Waals surface area contributed by atoms with Crippen LogP contribution in [0.4, 0.5) is 0 Å². The number of H-pyrrole nitrogens is 2. The first-order valence-corrected chi connectivity index (χ1v) is 10.0. The number of fused-ring (bicyclic) bond motifs is 1. The summed E-state index contributed by atoms with van der Waals surface area (Å²) < 4.78 is 0. The normalized spacial score (nSPS) is 15.8.